The van der Waals surface area contributed by atoms with E-state index in [-0.39, 0.29) is 0 Å². The number of nitrogens with one attached hydrogen (secondary N) is 1. The summed E-state index contributed by atoms with van der Waals surface area (Å²) in [5.41, 5.74) is 0.668. The summed E-state index contributed by atoms with van der Waals surface area (Å²) in [5, 5.41) is 1.78. The molecule has 0 aliphatic carbocycles. The molecule has 1 aliphatic rings. The lowest BCUT2D eigenvalue weighted by atomic mass is 10.1. The maximum Gasteiger partial charge on any atom is 0.400 e. The number of ether oxygens (including phenoxy) is 1. The quantitative estimate of drug-likeness (QED) is 0.773. The van der Waals surface area contributed by atoms with E-state index in [0.717, 1.165) is 0 Å². The third-order valence-electron chi connectivity index (χ3n) is 2.99. The molecule has 88 valence electrons. The second kappa shape index (κ2) is 3.48. The monoisotopic (exact) mass is 243 g/mol. The Kier molecular flexibility index (Phi) is 2.49. The molecular weight excluding hydrogens is 229 g/mol. The van der Waals surface area contributed by atoms with E-state index in [9.17, 15) is 9.46 Å². The summed E-state index contributed by atoms with van der Waals surface area (Å²) < 4.78 is 22.1. The van der Waals surface area contributed by atoms with Gasteiger partial charge in [0, 0.05) is 11.6 Å². The average molecular weight is 243 g/mol. The maximum absolute atomic E-state index is 12.0. The fourth-order valence-corrected chi connectivity index (χ4v) is 3.13. The molecule has 1 aliphatic heterocycles. The molecule has 0 amide bonds. The predicted octanol–water partition coefficient (Wildman–Crippen LogP) is 1.67. The highest BCUT2D eigenvalue weighted by Gasteiger charge is 2.53. The smallest absolute Gasteiger partial charge is 0.400 e. The minimum absolute atomic E-state index is 0.391. The van der Waals surface area contributed by atoms with Gasteiger partial charge in [-0.25, -0.2) is 4.57 Å². The van der Waals surface area contributed by atoms with Gasteiger partial charge in [0.2, 0.25) is 0 Å². The van der Waals surface area contributed by atoms with Crippen LogP contribution in [-0.2, 0) is 9.85 Å². The third kappa shape index (κ3) is 1.36. The van der Waals surface area contributed by atoms with Crippen molar-refractivity contribution in [3.63, 3.8) is 0 Å². The van der Waals surface area contributed by atoms with E-state index in [0.29, 0.717) is 17.1 Å². The van der Waals surface area contributed by atoms with Crippen molar-refractivity contribution in [1.29, 1.82) is 0 Å². The molecule has 0 aromatic heterocycles. The summed E-state index contributed by atoms with van der Waals surface area (Å²) in [4.78, 5) is 9.83. The zero-order valence-corrected chi connectivity index (χ0v) is 10.2. The summed E-state index contributed by atoms with van der Waals surface area (Å²) >= 11 is 0. The fraction of sp³-hybridized carbons (Fsp3) is 0.400. The van der Waals surface area contributed by atoms with Crippen molar-refractivity contribution < 1.29 is 18.7 Å². The lowest BCUT2D eigenvalue weighted by Crippen LogP contribution is -2.34. The van der Waals surface area contributed by atoms with Crippen molar-refractivity contribution in [3.8, 4) is 11.5 Å². The van der Waals surface area contributed by atoms with Crippen LogP contribution < -0.4 is 14.6 Å². The van der Waals surface area contributed by atoms with Crippen LogP contribution in [0.4, 0.5) is 0 Å². The Bertz CT molecular complexity index is 476. The number of methoxy groups -OCH3 is 1. The summed E-state index contributed by atoms with van der Waals surface area (Å²) in [6.07, 6.45) is 0. The molecule has 1 heterocycles. The molecule has 2 rings (SSSR count). The Balaban J connectivity index is 2.59. The highest BCUT2D eigenvalue weighted by molar-refractivity contribution is 7.54. The summed E-state index contributed by atoms with van der Waals surface area (Å²) in [7, 11) is -0.579. The molecule has 6 heteroatoms. The number of hydrogen-bond acceptors (Lipinski definition) is 4. The highest BCUT2D eigenvalue weighted by Crippen LogP contribution is 2.66. The normalized spacial score (nSPS) is 32.0. The van der Waals surface area contributed by atoms with Gasteiger partial charge >= 0.3 is 7.60 Å². The molecule has 2 N–H and O–H groups in total. The van der Waals surface area contributed by atoms with Gasteiger partial charge in [0.25, 0.3) is 0 Å². The van der Waals surface area contributed by atoms with Crippen molar-refractivity contribution in [2.45, 2.75) is 12.2 Å². The van der Waals surface area contributed by atoms with E-state index in [2.05, 4.69) is 5.32 Å². The minimum Gasteiger partial charge on any atom is -0.497 e. The van der Waals surface area contributed by atoms with Gasteiger partial charge in [0.1, 0.15) is 11.5 Å². The Labute approximate surface area is 93.9 Å². The molecule has 0 fully saturated rings. The van der Waals surface area contributed by atoms with Crippen LogP contribution in [-0.4, -0.2) is 19.1 Å². The number of hydrogen-bond donors (Lipinski definition) is 2. The van der Waals surface area contributed by atoms with E-state index < -0.39 is 12.9 Å². The topological polar surface area (TPSA) is 67.8 Å². The van der Waals surface area contributed by atoms with Crippen molar-refractivity contribution in [2.24, 2.45) is 0 Å². The van der Waals surface area contributed by atoms with E-state index in [1.165, 1.54) is 7.11 Å². The van der Waals surface area contributed by atoms with Gasteiger partial charge in [-0.05, 0) is 26.1 Å². The first-order valence-electron chi connectivity index (χ1n) is 4.84. The maximum atomic E-state index is 12.0. The zero-order valence-electron chi connectivity index (χ0n) is 9.35. The summed E-state index contributed by atoms with van der Waals surface area (Å²) in [6, 6.07) is 5.09. The number of benzene rings is 1. The Hall–Kier alpha value is -1.03. The van der Waals surface area contributed by atoms with Crippen LogP contribution in [0.3, 0.4) is 0 Å². The second-order valence-corrected chi connectivity index (χ2v) is 5.91. The Morgan fingerprint density at radius 3 is 2.81 bits per heavy atom. The molecule has 2 atom stereocenters. The van der Waals surface area contributed by atoms with Crippen molar-refractivity contribution in [2.75, 3.05) is 14.2 Å². The standard InChI is InChI=1S/C10H14NO4P/c1-10(11-2)8-5-4-7(14-3)6-9(8)15-16(10,12)13/h4-6,11H,1-3H3,(H,12,13). The lowest BCUT2D eigenvalue weighted by Gasteiger charge is -2.24. The van der Waals surface area contributed by atoms with E-state index in [1.54, 1.807) is 32.2 Å². The molecule has 0 spiro atoms. The van der Waals surface area contributed by atoms with Gasteiger partial charge in [-0.3, -0.25) is 5.32 Å². The van der Waals surface area contributed by atoms with Crippen molar-refractivity contribution >= 4 is 7.60 Å². The molecule has 2 unspecified atom stereocenters. The highest BCUT2D eigenvalue weighted by atomic mass is 31.2. The van der Waals surface area contributed by atoms with Gasteiger partial charge in [-0.2, -0.15) is 0 Å². The van der Waals surface area contributed by atoms with E-state index >= 15 is 0 Å². The second-order valence-electron chi connectivity index (χ2n) is 3.80. The van der Waals surface area contributed by atoms with Gasteiger partial charge in [0.05, 0.1) is 7.11 Å². The number of fused-ring (bicyclic) bond motifs is 1. The SMILES string of the molecule is CNC1(C)c2ccc(OC)cc2OP1(=O)O. The first-order chi connectivity index (χ1) is 7.44. The average Bonchev–Trinajstić information content (AvgIpc) is 2.46. The molecule has 16 heavy (non-hydrogen) atoms. The molecular formula is C10H14NO4P. The van der Waals surface area contributed by atoms with Crippen LogP contribution in [0.1, 0.15) is 12.5 Å². The molecule has 0 saturated heterocycles. The Morgan fingerprint density at radius 2 is 2.25 bits per heavy atom. The zero-order chi connectivity index (χ0) is 12.0. The van der Waals surface area contributed by atoms with E-state index in [1.807, 2.05) is 0 Å². The molecule has 0 saturated carbocycles. The largest absolute Gasteiger partial charge is 0.497 e. The van der Waals surface area contributed by atoms with Crippen LogP contribution in [0.2, 0.25) is 0 Å². The molecule has 0 bridgehead atoms. The first-order valence-corrected chi connectivity index (χ1v) is 6.42. The minimum atomic E-state index is -3.74. The molecule has 1 aromatic rings. The van der Waals surface area contributed by atoms with Crippen molar-refractivity contribution in [3.05, 3.63) is 23.8 Å². The van der Waals surface area contributed by atoms with Gasteiger partial charge < -0.3 is 14.2 Å². The van der Waals surface area contributed by atoms with Crippen LogP contribution in [0.5, 0.6) is 11.5 Å². The van der Waals surface area contributed by atoms with E-state index in [4.69, 9.17) is 9.26 Å². The summed E-state index contributed by atoms with van der Waals surface area (Å²) in [5.74, 6) is 0.987. The fourth-order valence-electron chi connectivity index (χ4n) is 1.76. The van der Waals surface area contributed by atoms with Gasteiger partial charge in [0.15, 0.2) is 5.28 Å². The first kappa shape index (κ1) is 11.5. The van der Waals surface area contributed by atoms with Gasteiger partial charge in [-0.15, -0.1) is 0 Å². The molecule has 0 radical (unpaired) electrons. The molecule has 5 nitrogen and oxygen atoms in total. The van der Waals surface area contributed by atoms with Crippen molar-refractivity contribution in [1.82, 2.24) is 5.32 Å². The van der Waals surface area contributed by atoms with Crippen LogP contribution in [0.25, 0.3) is 0 Å². The van der Waals surface area contributed by atoms with Crippen LogP contribution in [0.15, 0.2) is 18.2 Å². The third-order valence-corrected chi connectivity index (χ3v) is 5.03. The van der Waals surface area contributed by atoms with Crippen LogP contribution >= 0.6 is 7.60 Å². The molecule has 1 aromatic carbocycles. The van der Waals surface area contributed by atoms with Gasteiger partial charge in [-0.1, -0.05) is 0 Å². The number of rotatable bonds is 2. The predicted molar refractivity (Wildman–Crippen MR) is 59.9 cm³/mol. The Morgan fingerprint density at radius 1 is 1.56 bits per heavy atom. The lowest BCUT2D eigenvalue weighted by molar-refractivity contribution is 0.350. The summed E-state index contributed by atoms with van der Waals surface area (Å²) in [6.45, 7) is 1.64. The van der Waals surface area contributed by atoms with Crippen LogP contribution in [0, 0.1) is 0 Å².